The summed E-state index contributed by atoms with van der Waals surface area (Å²) in [5.41, 5.74) is 1.05. The van der Waals surface area contributed by atoms with E-state index in [0.29, 0.717) is 19.0 Å². The highest BCUT2D eigenvalue weighted by molar-refractivity contribution is 5.85. The quantitative estimate of drug-likeness (QED) is 0.939. The van der Waals surface area contributed by atoms with Crippen LogP contribution in [0.1, 0.15) is 18.4 Å². The van der Waals surface area contributed by atoms with E-state index in [1.165, 1.54) is 30.2 Å². The summed E-state index contributed by atoms with van der Waals surface area (Å²) in [4.78, 5) is 14.7. The highest BCUT2D eigenvalue weighted by atomic mass is 16.5. The molecule has 2 aliphatic rings. The average Bonchev–Trinajstić information content (AvgIpc) is 3.07. The van der Waals surface area contributed by atoms with Crippen LogP contribution in [0.2, 0.25) is 0 Å². The Labute approximate surface area is 142 Å². The van der Waals surface area contributed by atoms with E-state index in [2.05, 4.69) is 34.5 Å². The largest absolute Gasteiger partial charge is 0.373 e. The second-order valence-corrected chi connectivity index (χ2v) is 6.91. The Morgan fingerprint density at radius 1 is 1.21 bits per heavy atom. The Bertz CT molecular complexity index is 730. The van der Waals surface area contributed by atoms with Gasteiger partial charge in [-0.3, -0.25) is 9.69 Å². The fourth-order valence-corrected chi connectivity index (χ4v) is 3.83. The van der Waals surface area contributed by atoms with Gasteiger partial charge in [0.1, 0.15) is 0 Å². The van der Waals surface area contributed by atoms with E-state index in [1.807, 2.05) is 18.2 Å². The molecule has 2 saturated heterocycles. The monoisotopic (exact) mass is 324 g/mol. The van der Waals surface area contributed by atoms with E-state index in [4.69, 9.17) is 4.74 Å². The lowest BCUT2D eigenvalue weighted by atomic mass is 10.0. The molecule has 1 amide bonds. The first-order chi connectivity index (χ1) is 11.8. The van der Waals surface area contributed by atoms with Crippen molar-refractivity contribution in [3.63, 3.8) is 0 Å². The van der Waals surface area contributed by atoms with Crippen molar-refractivity contribution < 1.29 is 9.53 Å². The van der Waals surface area contributed by atoms with Crippen LogP contribution in [-0.2, 0) is 16.0 Å². The molecule has 4 nitrogen and oxygen atoms in total. The van der Waals surface area contributed by atoms with Gasteiger partial charge in [-0.15, -0.1) is 0 Å². The van der Waals surface area contributed by atoms with Crippen LogP contribution in [0.5, 0.6) is 0 Å². The van der Waals surface area contributed by atoms with Crippen molar-refractivity contribution in [3.05, 3.63) is 48.0 Å². The minimum atomic E-state index is 0.0671. The van der Waals surface area contributed by atoms with E-state index in [0.717, 1.165) is 18.7 Å². The third-order valence-corrected chi connectivity index (χ3v) is 5.17. The molecule has 4 heteroatoms. The van der Waals surface area contributed by atoms with Crippen molar-refractivity contribution in [1.29, 1.82) is 0 Å². The second-order valence-electron chi connectivity index (χ2n) is 6.91. The van der Waals surface area contributed by atoms with Crippen molar-refractivity contribution >= 4 is 16.7 Å². The van der Waals surface area contributed by atoms with Gasteiger partial charge in [-0.1, -0.05) is 42.5 Å². The molecule has 0 aliphatic carbocycles. The third-order valence-electron chi connectivity index (χ3n) is 5.17. The fourth-order valence-electron chi connectivity index (χ4n) is 3.83. The molecule has 2 aromatic carbocycles. The lowest BCUT2D eigenvalue weighted by Crippen LogP contribution is -2.50. The van der Waals surface area contributed by atoms with Crippen molar-refractivity contribution in [2.75, 3.05) is 26.2 Å². The van der Waals surface area contributed by atoms with Crippen molar-refractivity contribution in [3.8, 4) is 0 Å². The number of carbonyl (C=O) groups is 1. The number of nitrogens with one attached hydrogen (secondary N) is 1. The number of benzene rings is 2. The summed E-state index contributed by atoms with van der Waals surface area (Å²) in [6, 6.07) is 15.0. The Morgan fingerprint density at radius 2 is 2.08 bits per heavy atom. The predicted molar refractivity (Wildman–Crippen MR) is 95.0 cm³/mol. The number of fused-ring (bicyclic) bond motifs is 2. The summed E-state index contributed by atoms with van der Waals surface area (Å²) in [6.07, 6.45) is 3.07. The Hall–Kier alpha value is -1.91. The van der Waals surface area contributed by atoms with E-state index in [-0.39, 0.29) is 12.0 Å². The molecule has 2 aliphatic heterocycles. The molecule has 0 saturated carbocycles. The number of ether oxygens (including phenoxy) is 1. The number of hydrogen-bond acceptors (Lipinski definition) is 3. The first-order valence-corrected chi connectivity index (χ1v) is 8.88. The van der Waals surface area contributed by atoms with Crippen LogP contribution in [0.3, 0.4) is 0 Å². The minimum Gasteiger partial charge on any atom is -0.373 e. The number of morpholine rings is 1. The molecule has 2 atom stereocenters. The van der Waals surface area contributed by atoms with Crippen LogP contribution in [0.25, 0.3) is 10.8 Å². The molecule has 2 heterocycles. The maximum Gasteiger partial charge on any atom is 0.224 e. The van der Waals surface area contributed by atoms with Gasteiger partial charge in [0, 0.05) is 19.1 Å². The van der Waals surface area contributed by atoms with Crippen LogP contribution in [-0.4, -0.2) is 49.2 Å². The molecule has 0 aromatic heterocycles. The molecule has 1 N–H and O–H groups in total. The zero-order chi connectivity index (χ0) is 16.4. The summed E-state index contributed by atoms with van der Waals surface area (Å²) in [5.74, 6) is 0.0671. The highest BCUT2D eigenvalue weighted by Gasteiger charge is 2.32. The smallest absolute Gasteiger partial charge is 0.224 e. The summed E-state index contributed by atoms with van der Waals surface area (Å²) < 4.78 is 5.89. The normalized spacial score (nSPS) is 24.0. The van der Waals surface area contributed by atoms with Crippen LogP contribution in [0, 0.1) is 0 Å². The van der Waals surface area contributed by atoms with Gasteiger partial charge in [0.05, 0.1) is 19.1 Å². The number of carbonyl (C=O) groups excluding carboxylic acids is 1. The van der Waals surface area contributed by atoms with Gasteiger partial charge in [-0.2, -0.15) is 0 Å². The fraction of sp³-hybridized carbons (Fsp3) is 0.450. The standard InChI is InChI=1S/C20H24N2O2/c23-20(11-15-7-8-16-4-1-2-5-17(16)10-15)21-12-19-13-22-9-3-6-18(22)14-24-19/h1-2,4-5,7-8,10,18-19H,3,6,9,11-14H2,(H,21,23)/t18-,19+/m0/s1. The molecule has 0 bridgehead atoms. The average molecular weight is 324 g/mol. The summed E-state index contributed by atoms with van der Waals surface area (Å²) in [5, 5.41) is 5.42. The minimum absolute atomic E-state index is 0.0671. The first-order valence-electron chi connectivity index (χ1n) is 8.88. The SMILES string of the molecule is O=C(Cc1ccc2ccccc2c1)NC[C@@H]1CN2CCC[C@H]2CO1. The maximum absolute atomic E-state index is 12.2. The van der Waals surface area contributed by atoms with E-state index >= 15 is 0 Å². The van der Waals surface area contributed by atoms with Crippen LogP contribution in [0.4, 0.5) is 0 Å². The Kier molecular flexibility index (Phi) is 4.50. The molecule has 4 rings (SSSR count). The topological polar surface area (TPSA) is 41.6 Å². The number of nitrogens with zero attached hydrogens (tertiary/aromatic N) is 1. The van der Waals surface area contributed by atoms with Gasteiger partial charge < -0.3 is 10.1 Å². The van der Waals surface area contributed by atoms with Gasteiger partial charge in [-0.25, -0.2) is 0 Å². The van der Waals surface area contributed by atoms with Gasteiger partial charge in [0.15, 0.2) is 0 Å². The zero-order valence-electron chi connectivity index (χ0n) is 13.9. The zero-order valence-corrected chi connectivity index (χ0v) is 13.9. The maximum atomic E-state index is 12.2. The number of amides is 1. The Morgan fingerprint density at radius 3 is 3.00 bits per heavy atom. The lowest BCUT2D eigenvalue weighted by molar-refractivity contribution is -0.121. The molecule has 2 aromatic rings. The molecule has 24 heavy (non-hydrogen) atoms. The molecule has 0 spiro atoms. The van der Waals surface area contributed by atoms with Gasteiger partial charge in [0.2, 0.25) is 5.91 Å². The number of hydrogen-bond donors (Lipinski definition) is 1. The van der Waals surface area contributed by atoms with Crippen LogP contribution >= 0.6 is 0 Å². The van der Waals surface area contributed by atoms with Crippen LogP contribution < -0.4 is 5.32 Å². The summed E-state index contributed by atoms with van der Waals surface area (Å²) in [6.45, 7) is 3.54. The Balaban J connectivity index is 1.29. The molecular weight excluding hydrogens is 300 g/mol. The summed E-state index contributed by atoms with van der Waals surface area (Å²) in [7, 11) is 0. The highest BCUT2D eigenvalue weighted by Crippen LogP contribution is 2.22. The predicted octanol–water partition coefficient (Wildman–Crippen LogP) is 2.36. The van der Waals surface area contributed by atoms with Gasteiger partial charge >= 0.3 is 0 Å². The van der Waals surface area contributed by atoms with E-state index < -0.39 is 0 Å². The molecule has 0 unspecified atom stereocenters. The molecule has 126 valence electrons. The number of rotatable bonds is 4. The van der Waals surface area contributed by atoms with Crippen molar-refractivity contribution in [2.24, 2.45) is 0 Å². The van der Waals surface area contributed by atoms with Crippen LogP contribution in [0.15, 0.2) is 42.5 Å². The molecular formula is C20H24N2O2. The van der Waals surface area contributed by atoms with E-state index in [1.54, 1.807) is 0 Å². The second kappa shape index (κ2) is 6.91. The molecule has 2 fully saturated rings. The van der Waals surface area contributed by atoms with Crippen molar-refractivity contribution in [2.45, 2.75) is 31.4 Å². The third kappa shape index (κ3) is 3.45. The van der Waals surface area contributed by atoms with Gasteiger partial charge in [0.25, 0.3) is 0 Å². The molecule has 0 radical (unpaired) electrons. The van der Waals surface area contributed by atoms with Gasteiger partial charge in [-0.05, 0) is 35.7 Å². The summed E-state index contributed by atoms with van der Waals surface area (Å²) >= 11 is 0. The van der Waals surface area contributed by atoms with E-state index in [9.17, 15) is 4.79 Å². The lowest BCUT2D eigenvalue weighted by Gasteiger charge is -2.35. The van der Waals surface area contributed by atoms with Crippen molar-refractivity contribution in [1.82, 2.24) is 10.2 Å². The first kappa shape index (κ1) is 15.6.